The maximum absolute atomic E-state index is 14.3. The molecular formula is C22H24BrFN4S. The summed E-state index contributed by atoms with van der Waals surface area (Å²) in [5, 5.41) is 4.28. The number of fused-ring (bicyclic) bond motifs is 3. The lowest BCUT2D eigenvalue weighted by Gasteiger charge is -2.32. The highest BCUT2D eigenvalue weighted by Gasteiger charge is 2.27. The molecule has 2 aromatic heterocycles. The highest BCUT2D eigenvalue weighted by atomic mass is 79.9. The average molecular weight is 475 g/mol. The van der Waals surface area contributed by atoms with Gasteiger partial charge in [0.1, 0.15) is 22.8 Å². The third-order valence-corrected chi connectivity index (χ3v) is 7.75. The molecule has 0 bridgehead atoms. The number of aryl methyl sites for hydroxylation is 1. The Labute approximate surface area is 182 Å². The fourth-order valence-electron chi connectivity index (χ4n) is 4.65. The lowest BCUT2D eigenvalue weighted by molar-refractivity contribution is 0.188. The van der Waals surface area contributed by atoms with Crippen LogP contribution in [0, 0.1) is 11.7 Å². The zero-order chi connectivity index (χ0) is 19.8. The van der Waals surface area contributed by atoms with Crippen LogP contribution in [0.1, 0.15) is 36.1 Å². The predicted octanol–water partition coefficient (Wildman–Crippen LogP) is 5.93. The third-order valence-electron chi connectivity index (χ3n) is 6.10. The molecule has 1 N–H and O–H groups in total. The van der Waals surface area contributed by atoms with Gasteiger partial charge in [-0.1, -0.05) is 22.4 Å². The van der Waals surface area contributed by atoms with E-state index in [-0.39, 0.29) is 5.82 Å². The molecule has 0 amide bonds. The Kier molecular flexibility index (Phi) is 5.54. The predicted molar refractivity (Wildman–Crippen MR) is 121 cm³/mol. The number of hydrogen-bond acceptors (Lipinski definition) is 5. The van der Waals surface area contributed by atoms with Crippen molar-refractivity contribution < 1.29 is 4.39 Å². The molecule has 29 heavy (non-hydrogen) atoms. The number of piperidine rings is 1. The summed E-state index contributed by atoms with van der Waals surface area (Å²) >= 11 is 5.10. The van der Waals surface area contributed by atoms with Crippen molar-refractivity contribution in [3.8, 4) is 0 Å². The molecule has 3 heterocycles. The summed E-state index contributed by atoms with van der Waals surface area (Å²) in [5.74, 6) is 1.14. The van der Waals surface area contributed by atoms with Gasteiger partial charge in [0, 0.05) is 15.9 Å². The van der Waals surface area contributed by atoms with E-state index in [1.54, 1.807) is 23.7 Å². The van der Waals surface area contributed by atoms with Crippen LogP contribution >= 0.6 is 27.3 Å². The second-order valence-electron chi connectivity index (χ2n) is 8.13. The smallest absolute Gasteiger partial charge is 0.147 e. The van der Waals surface area contributed by atoms with E-state index in [0.717, 1.165) is 33.4 Å². The van der Waals surface area contributed by atoms with E-state index in [4.69, 9.17) is 0 Å². The third kappa shape index (κ3) is 4.05. The summed E-state index contributed by atoms with van der Waals surface area (Å²) in [5.41, 5.74) is 1.80. The van der Waals surface area contributed by atoms with E-state index in [1.807, 2.05) is 6.07 Å². The lowest BCUT2D eigenvalue weighted by atomic mass is 9.87. The second kappa shape index (κ2) is 8.28. The minimum atomic E-state index is -0.295. The largest absolute Gasteiger partial charge is 0.337 e. The van der Waals surface area contributed by atoms with Crippen molar-refractivity contribution in [2.24, 2.45) is 5.92 Å². The number of anilines is 2. The zero-order valence-corrected chi connectivity index (χ0v) is 18.7. The first-order valence-electron chi connectivity index (χ1n) is 10.4. The molecule has 1 unspecified atom stereocenters. The SMILES string of the molecule is Fc1cc(Br)ccc1Nc1ncnc2sc3c(c12)CCC(CN1CCCCC1)C3. The first kappa shape index (κ1) is 19.4. The Morgan fingerprint density at radius 1 is 1.21 bits per heavy atom. The number of benzene rings is 1. The molecule has 3 aromatic rings. The Bertz CT molecular complexity index is 1030. The first-order chi connectivity index (χ1) is 14.2. The number of aromatic nitrogens is 2. The van der Waals surface area contributed by atoms with E-state index < -0.39 is 0 Å². The molecular weight excluding hydrogens is 451 g/mol. The highest BCUT2D eigenvalue weighted by molar-refractivity contribution is 9.10. The highest BCUT2D eigenvalue weighted by Crippen LogP contribution is 2.41. The summed E-state index contributed by atoms with van der Waals surface area (Å²) in [6.45, 7) is 3.73. The van der Waals surface area contributed by atoms with Gasteiger partial charge in [0.15, 0.2) is 0 Å². The van der Waals surface area contributed by atoms with Crippen LogP contribution in [0.2, 0.25) is 0 Å². The number of likely N-dealkylation sites (tertiary alicyclic amines) is 1. The molecule has 0 radical (unpaired) electrons. The maximum atomic E-state index is 14.3. The van der Waals surface area contributed by atoms with Crippen LogP contribution in [0.4, 0.5) is 15.9 Å². The topological polar surface area (TPSA) is 41.1 Å². The van der Waals surface area contributed by atoms with Crippen molar-refractivity contribution in [3.63, 3.8) is 0 Å². The number of nitrogens with zero attached hydrogens (tertiary/aromatic N) is 3. The number of nitrogens with one attached hydrogen (secondary N) is 1. The quantitative estimate of drug-likeness (QED) is 0.508. The lowest BCUT2D eigenvalue weighted by Crippen LogP contribution is -2.35. The zero-order valence-electron chi connectivity index (χ0n) is 16.3. The van der Waals surface area contributed by atoms with Gasteiger partial charge in [-0.25, -0.2) is 14.4 Å². The Morgan fingerprint density at radius 2 is 2.07 bits per heavy atom. The monoisotopic (exact) mass is 474 g/mol. The Balaban J connectivity index is 1.41. The van der Waals surface area contributed by atoms with Gasteiger partial charge < -0.3 is 10.2 Å². The van der Waals surface area contributed by atoms with Gasteiger partial charge in [0.05, 0.1) is 11.1 Å². The molecule has 7 heteroatoms. The second-order valence-corrected chi connectivity index (χ2v) is 10.1. The van der Waals surface area contributed by atoms with Gasteiger partial charge in [-0.15, -0.1) is 11.3 Å². The van der Waals surface area contributed by atoms with E-state index >= 15 is 0 Å². The van der Waals surface area contributed by atoms with Crippen molar-refractivity contribution >= 4 is 49.0 Å². The molecule has 2 aliphatic rings. The average Bonchev–Trinajstić information content (AvgIpc) is 3.09. The normalized spacial score (nSPS) is 20.0. The molecule has 1 fully saturated rings. The Morgan fingerprint density at radius 3 is 2.90 bits per heavy atom. The minimum Gasteiger partial charge on any atom is -0.337 e. The first-order valence-corrected chi connectivity index (χ1v) is 12.0. The van der Waals surface area contributed by atoms with Gasteiger partial charge in [0.25, 0.3) is 0 Å². The van der Waals surface area contributed by atoms with E-state index in [1.165, 1.54) is 61.8 Å². The van der Waals surface area contributed by atoms with Gasteiger partial charge in [0.2, 0.25) is 0 Å². The Hall–Kier alpha value is -1.57. The summed E-state index contributed by atoms with van der Waals surface area (Å²) < 4.78 is 15.1. The number of thiophene rings is 1. The van der Waals surface area contributed by atoms with Crippen molar-refractivity contribution in [2.75, 3.05) is 25.0 Å². The molecule has 1 aromatic carbocycles. The van der Waals surface area contributed by atoms with E-state index in [2.05, 4.69) is 36.1 Å². The van der Waals surface area contributed by atoms with Crippen LogP contribution in [0.25, 0.3) is 10.2 Å². The summed E-state index contributed by atoms with van der Waals surface area (Å²) in [4.78, 5) is 14.1. The van der Waals surface area contributed by atoms with Crippen LogP contribution in [0.3, 0.4) is 0 Å². The molecule has 0 saturated carbocycles. The number of halogens is 2. The molecule has 1 aliphatic heterocycles. The molecule has 1 atom stereocenters. The molecule has 5 rings (SSSR count). The van der Waals surface area contributed by atoms with Gasteiger partial charge >= 0.3 is 0 Å². The summed E-state index contributed by atoms with van der Waals surface area (Å²) in [6, 6.07) is 5.04. The van der Waals surface area contributed by atoms with Gasteiger partial charge in [-0.3, -0.25) is 0 Å². The molecule has 1 aliphatic carbocycles. The molecule has 1 saturated heterocycles. The summed E-state index contributed by atoms with van der Waals surface area (Å²) in [6.07, 6.45) is 9.04. The molecule has 4 nitrogen and oxygen atoms in total. The summed E-state index contributed by atoms with van der Waals surface area (Å²) in [7, 11) is 0. The van der Waals surface area contributed by atoms with Crippen molar-refractivity contribution in [1.29, 1.82) is 0 Å². The fourth-order valence-corrected chi connectivity index (χ4v) is 6.29. The van der Waals surface area contributed by atoms with Crippen molar-refractivity contribution in [3.05, 3.63) is 45.3 Å². The minimum absolute atomic E-state index is 0.295. The van der Waals surface area contributed by atoms with Gasteiger partial charge in [-0.2, -0.15) is 0 Å². The van der Waals surface area contributed by atoms with Crippen molar-refractivity contribution in [1.82, 2.24) is 14.9 Å². The maximum Gasteiger partial charge on any atom is 0.147 e. The fraction of sp³-hybridized carbons (Fsp3) is 0.455. The molecule has 0 spiro atoms. The van der Waals surface area contributed by atoms with Crippen LogP contribution in [-0.4, -0.2) is 34.5 Å². The van der Waals surface area contributed by atoms with Crippen LogP contribution < -0.4 is 5.32 Å². The van der Waals surface area contributed by atoms with Gasteiger partial charge in [-0.05, 0) is 74.9 Å². The molecule has 152 valence electrons. The van der Waals surface area contributed by atoms with Crippen LogP contribution in [0.5, 0.6) is 0 Å². The number of hydrogen-bond donors (Lipinski definition) is 1. The van der Waals surface area contributed by atoms with E-state index in [9.17, 15) is 4.39 Å². The van der Waals surface area contributed by atoms with Crippen LogP contribution in [-0.2, 0) is 12.8 Å². The number of rotatable bonds is 4. The standard InChI is InChI=1S/C22H24BrFN4S/c23-15-5-7-18(17(24)11-15)27-21-20-16-6-4-14(12-28-8-2-1-3-9-28)10-19(16)29-22(20)26-13-25-21/h5,7,11,13-14H,1-4,6,8-10,12H2,(H,25,26,27). The van der Waals surface area contributed by atoms with E-state index in [0.29, 0.717) is 11.5 Å². The van der Waals surface area contributed by atoms with Crippen molar-refractivity contribution in [2.45, 2.75) is 38.5 Å². The van der Waals surface area contributed by atoms with Crippen LogP contribution in [0.15, 0.2) is 29.0 Å².